The Labute approximate surface area is 68.7 Å². The van der Waals surface area contributed by atoms with E-state index in [1.165, 1.54) is 24.8 Å². The molecule has 1 heteroatoms. The van der Waals surface area contributed by atoms with Crippen molar-refractivity contribution in [2.75, 3.05) is 0 Å². The van der Waals surface area contributed by atoms with Gasteiger partial charge in [-0.15, -0.1) is 0 Å². The van der Waals surface area contributed by atoms with Gasteiger partial charge in [-0.05, 0) is 30.6 Å². The van der Waals surface area contributed by atoms with Crippen LogP contribution in [0.15, 0.2) is 12.2 Å². The SMILES string of the molecule is C=C1C(C)(C)[C@@H]2CC[C@@]1(N)C2. The highest BCUT2D eigenvalue weighted by Gasteiger charge is 2.55. The standard InChI is InChI=1S/C10H17N/c1-7-9(2,3)8-4-5-10(7,11)6-8/h8H,1,4-6,11H2,2-3H3/t8-,10-/m1/s1. The second kappa shape index (κ2) is 1.71. The molecule has 2 fully saturated rings. The Hall–Kier alpha value is -0.300. The van der Waals surface area contributed by atoms with Gasteiger partial charge in [0.15, 0.2) is 0 Å². The van der Waals surface area contributed by atoms with Crippen LogP contribution in [-0.4, -0.2) is 5.54 Å². The maximum atomic E-state index is 6.22. The molecule has 2 aliphatic carbocycles. The lowest BCUT2D eigenvalue weighted by Gasteiger charge is -2.35. The van der Waals surface area contributed by atoms with Crippen LogP contribution in [0.2, 0.25) is 0 Å². The summed E-state index contributed by atoms with van der Waals surface area (Å²) in [6.45, 7) is 8.71. The van der Waals surface area contributed by atoms with Crippen LogP contribution in [0.25, 0.3) is 0 Å². The number of fused-ring (bicyclic) bond motifs is 2. The molecular weight excluding hydrogens is 134 g/mol. The molecule has 2 rings (SSSR count). The highest BCUT2D eigenvalue weighted by atomic mass is 14.8. The van der Waals surface area contributed by atoms with Gasteiger partial charge in [0.25, 0.3) is 0 Å². The molecule has 1 nitrogen and oxygen atoms in total. The van der Waals surface area contributed by atoms with Gasteiger partial charge < -0.3 is 5.73 Å². The normalized spacial score (nSPS) is 46.8. The van der Waals surface area contributed by atoms with Crippen LogP contribution in [-0.2, 0) is 0 Å². The van der Waals surface area contributed by atoms with E-state index in [1.54, 1.807) is 0 Å². The van der Waals surface area contributed by atoms with Crippen LogP contribution in [0.3, 0.4) is 0 Å². The third kappa shape index (κ3) is 0.698. The van der Waals surface area contributed by atoms with Crippen LogP contribution < -0.4 is 5.73 Å². The quantitative estimate of drug-likeness (QED) is 0.527. The summed E-state index contributed by atoms with van der Waals surface area (Å²) in [5.41, 5.74) is 7.83. The van der Waals surface area contributed by atoms with Crippen molar-refractivity contribution in [1.29, 1.82) is 0 Å². The molecule has 0 unspecified atom stereocenters. The number of nitrogens with two attached hydrogens (primary N) is 1. The zero-order valence-electron chi connectivity index (χ0n) is 7.48. The lowest BCUT2D eigenvalue weighted by Crippen LogP contribution is -2.40. The molecule has 11 heavy (non-hydrogen) atoms. The highest BCUT2D eigenvalue weighted by molar-refractivity contribution is 5.33. The van der Waals surface area contributed by atoms with E-state index in [1.807, 2.05) is 0 Å². The van der Waals surface area contributed by atoms with Gasteiger partial charge in [-0.3, -0.25) is 0 Å². The molecule has 0 heterocycles. The van der Waals surface area contributed by atoms with Crippen LogP contribution in [0.1, 0.15) is 33.1 Å². The molecule has 0 aromatic rings. The smallest absolute Gasteiger partial charge is 0.0374 e. The lowest BCUT2D eigenvalue weighted by atomic mass is 9.72. The fraction of sp³-hybridized carbons (Fsp3) is 0.800. The number of rotatable bonds is 0. The summed E-state index contributed by atoms with van der Waals surface area (Å²) in [5.74, 6) is 0.806. The maximum absolute atomic E-state index is 6.22. The van der Waals surface area contributed by atoms with Gasteiger partial charge >= 0.3 is 0 Å². The number of hydrogen-bond acceptors (Lipinski definition) is 1. The first kappa shape index (κ1) is 7.35. The van der Waals surface area contributed by atoms with E-state index in [0.29, 0.717) is 5.41 Å². The van der Waals surface area contributed by atoms with Crippen molar-refractivity contribution in [1.82, 2.24) is 0 Å². The fourth-order valence-electron chi connectivity index (χ4n) is 2.85. The van der Waals surface area contributed by atoms with Crippen molar-refractivity contribution in [3.63, 3.8) is 0 Å². The first-order valence-electron chi connectivity index (χ1n) is 4.45. The van der Waals surface area contributed by atoms with Crippen molar-refractivity contribution >= 4 is 0 Å². The third-order valence-corrected chi connectivity index (χ3v) is 3.95. The maximum Gasteiger partial charge on any atom is 0.0374 e. The van der Waals surface area contributed by atoms with E-state index in [9.17, 15) is 0 Å². The summed E-state index contributed by atoms with van der Waals surface area (Å²) in [5, 5.41) is 0. The molecule has 0 spiro atoms. The van der Waals surface area contributed by atoms with Crippen molar-refractivity contribution in [2.24, 2.45) is 17.1 Å². The molecule has 2 saturated carbocycles. The average molecular weight is 151 g/mol. The van der Waals surface area contributed by atoms with Crippen molar-refractivity contribution in [3.8, 4) is 0 Å². The molecule has 2 atom stereocenters. The topological polar surface area (TPSA) is 26.0 Å². The molecule has 0 aliphatic heterocycles. The Bertz CT molecular complexity index is 210. The average Bonchev–Trinajstić information content (AvgIpc) is 2.36. The zero-order valence-corrected chi connectivity index (χ0v) is 7.48. The van der Waals surface area contributed by atoms with Gasteiger partial charge in [0.1, 0.15) is 0 Å². The molecule has 2 bridgehead atoms. The largest absolute Gasteiger partial charge is 0.322 e. The lowest BCUT2D eigenvalue weighted by molar-refractivity contribution is 0.285. The monoisotopic (exact) mass is 151 g/mol. The molecule has 0 aromatic carbocycles. The first-order valence-corrected chi connectivity index (χ1v) is 4.45. The van der Waals surface area contributed by atoms with Crippen LogP contribution in [0, 0.1) is 11.3 Å². The summed E-state index contributed by atoms with van der Waals surface area (Å²) in [6.07, 6.45) is 3.65. The summed E-state index contributed by atoms with van der Waals surface area (Å²) >= 11 is 0. The highest BCUT2D eigenvalue weighted by Crippen LogP contribution is 2.59. The molecule has 0 aromatic heterocycles. The minimum Gasteiger partial charge on any atom is -0.322 e. The van der Waals surface area contributed by atoms with Crippen LogP contribution in [0.4, 0.5) is 0 Å². The van der Waals surface area contributed by atoms with Crippen molar-refractivity contribution in [3.05, 3.63) is 12.2 Å². The summed E-state index contributed by atoms with van der Waals surface area (Å²) < 4.78 is 0. The minimum atomic E-state index is 0.00810. The van der Waals surface area contributed by atoms with E-state index in [2.05, 4.69) is 20.4 Å². The summed E-state index contributed by atoms with van der Waals surface area (Å²) in [4.78, 5) is 0. The summed E-state index contributed by atoms with van der Waals surface area (Å²) in [6, 6.07) is 0. The Morgan fingerprint density at radius 1 is 1.55 bits per heavy atom. The Kier molecular flexibility index (Phi) is 1.15. The number of hydrogen-bond donors (Lipinski definition) is 1. The van der Waals surface area contributed by atoms with Crippen LogP contribution in [0.5, 0.6) is 0 Å². The van der Waals surface area contributed by atoms with Crippen molar-refractivity contribution in [2.45, 2.75) is 38.6 Å². The Balaban J connectivity index is 2.42. The molecular formula is C10H17N. The second-order valence-electron chi connectivity index (χ2n) is 4.80. The zero-order chi connectivity index (χ0) is 8.28. The third-order valence-electron chi connectivity index (χ3n) is 3.95. The van der Waals surface area contributed by atoms with E-state index in [4.69, 9.17) is 5.73 Å². The summed E-state index contributed by atoms with van der Waals surface area (Å²) in [7, 11) is 0. The molecule has 62 valence electrons. The molecule has 0 radical (unpaired) electrons. The van der Waals surface area contributed by atoms with E-state index in [0.717, 1.165) is 5.92 Å². The molecule has 0 saturated heterocycles. The fourth-order valence-corrected chi connectivity index (χ4v) is 2.85. The van der Waals surface area contributed by atoms with Gasteiger partial charge in [-0.1, -0.05) is 26.0 Å². The van der Waals surface area contributed by atoms with Gasteiger partial charge in [0.2, 0.25) is 0 Å². The van der Waals surface area contributed by atoms with Crippen molar-refractivity contribution < 1.29 is 0 Å². The van der Waals surface area contributed by atoms with Gasteiger partial charge in [0, 0.05) is 5.54 Å². The van der Waals surface area contributed by atoms with E-state index in [-0.39, 0.29) is 5.54 Å². The predicted octanol–water partition coefficient (Wildman–Crippen LogP) is 2.08. The van der Waals surface area contributed by atoms with Gasteiger partial charge in [-0.25, -0.2) is 0 Å². The van der Waals surface area contributed by atoms with E-state index < -0.39 is 0 Å². The van der Waals surface area contributed by atoms with Gasteiger partial charge in [0.05, 0.1) is 0 Å². The van der Waals surface area contributed by atoms with Gasteiger partial charge in [-0.2, -0.15) is 0 Å². The van der Waals surface area contributed by atoms with Crippen LogP contribution >= 0.6 is 0 Å². The minimum absolute atomic E-state index is 0.00810. The molecule has 0 amide bonds. The first-order chi connectivity index (χ1) is 4.97. The molecule has 2 aliphatic rings. The Morgan fingerprint density at radius 2 is 2.18 bits per heavy atom. The predicted molar refractivity (Wildman–Crippen MR) is 47.2 cm³/mol. The second-order valence-corrected chi connectivity index (χ2v) is 4.80. The Morgan fingerprint density at radius 3 is 2.45 bits per heavy atom. The van der Waals surface area contributed by atoms with E-state index >= 15 is 0 Å². The molecule has 2 N–H and O–H groups in total.